The molecule has 4 nitrogen and oxygen atoms in total. The van der Waals surface area contributed by atoms with Crippen LogP contribution in [0.5, 0.6) is 0 Å². The van der Waals surface area contributed by atoms with Crippen LogP contribution in [-0.4, -0.2) is 20.5 Å². The summed E-state index contributed by atoms with van der Waals surface area (Å²) in [6.07, 6.45) is 1.47. The van der Waals surface area contributed by atoms with Gasteiger partial charge in [0.05, 0.1) is 11.8 Å². The summed E-state index contributed by atoms with van der Waals surface area (Å²) in [5.41, 5.74) is 0. The lowest BCUT2D eigenvalue weighted by atomic mass is 10.9. The highest BCUT2D eigenvalue weighted by atomic mass is 32.2. The number of rotatable bonds is 2. The first-order valence-electron chi connectivity index (χ1n) is 2.68. The maximum absolute atomic E-state index is 8.23. The van der Waals surface area contributed by atoms with Crippen LogP contribution in [-0.2, 0) is 7.05 Å². The van der Waals surface area contributed by atoms with Crippen LogP contribution in [0.25, 0.3) is 0 Å². The molecule has 10 heavy (non-hydrogen) atoms. The molecule has 0 saturated heterocycles. The molecule has 52 valence electrons. The second-order valence-corrected chi connectivity index (χ2v) is 2.56. The minimum atomic E-state index is 0.423. The first-order chi connectivity index (χ1) is 4.84. The Morgan fingerprint density at radius 3 is 3.20 bits per heavy atom. The van der Waals surface area contributed by atoms with Crippen molar-refractivity contribution in [2.45, 2.75) is 5.16 Å². The standard InChI is InChI=1S/C5H6N4S/c1-9-5(7-4-8-9)10-3-2-6/h4H,3H2,1H3. The normalized spacial score (nSPS) is 9.20. The maximum atomic E-state index is 8.23. The van der Waals surface area contributed by atoms with E-state index in [2.05, 4.69) is 10.1 Å². The predicted octanol–water partition coefficient (Wildman–Crippen LogP) is 0.431. The van der Waals surface area contributed by atoms with Gasteiger partial charge in [0.15, 0.2) is 5.16 Å². The van der Waals surface area contributed by atoms with Gasteiger partial charge in [-0.15, -0.1) is 0 Å². The van der Waals surface area contributed by atoms with Crippen molar-refractivity contribution < 1.29 is 0 Å². The second kappa shape index (κ2) is 3.22. The van der Waals surface area contributed by atoms with E-state index in [4.69, 9.17) is 5.26 Å². The number of nitriles is 1. The lowest BCUT2D eigenvalue weighted by Gasteiger charge is -1.92. The summed E-state index contributed by atoms with van der Waals surface area (Å²) in [6, 6.07) is 2.02. The molecule has 0 aliphatic heterocycles. The van der Waals surface area contributed by atoms with E-state index in [9.17, 15) is 0 Å². The summed E-state index contributed by atoms with van der Waals surface area (Å²) in [4.78, 5) is 3.92. The molecule has 0 bridgehead atoms. The fourth-order valence-corrected chi connectivity index (χ4v) is 1.06. The van der Waals surface area contributed by atoms with Crippen molar-refractivity contribution >= 4 is 11.8 Å². The Balaban J connectivity index is 2.59. The van der Waals surface area contributed by atoms with E-state index in [-0.39, 0.29) is 0 Å². The maximum Gasteiger partial charge on any atom is 0.186 e. The topological polar surface area (TPSA) is 54.5 Å². The molecule has 1 rings (SSSR count). The SMILES string of the molecule is Cn1ncnc1SCC#N. The summed E-state index contributed by atoms with van der Waals surface area (Å²) in [5, 5.41) is 12.9. The molecule has 1 aromatic heterocycles. The van der Waals surface area contributed by atoms with E-state index in [1.807, 2.05) is 6.07 Å². The lowest BCUT2D eigenvalue weighted by molar-refractivity contribution is 0.685. The summed E-state index contributed by atoms with van der Waals surface area (Å²) < 4.78 is 1.64. The average molecular weight is 154 g/mol. The van der Waals surface area contributed by atoms with E-state index in [1.54, 1.807) is 11.7 Å². The molecular formula is C5H6N4S. The van der Waals surface area contributed by atoms with Crippen LogP contribution < -0.4 is 0 Å². The number of hydrogen-bond acceptors (Lipinski definition) is 4. The van der Waals surface area contributed by atoms with Crippen molar-refractivity contribution in [3.05, 3.63) is 6.33 Å². The van der Waals surface area contributed by atoms with Crippen molar-refractivity contribution in [3.63, 3.8) is 0 Å². The molecule has 0 amide bonds. The van der Waals surface area contributed by atoms with Crippen LogP contribution >= 0.6 is 11.8 Å². The first-order valence-corrected chi connectivity index (χ1v) is 3.67. The number of thioether (sulfide) groups is 1. The van der Waals surface area contributed by atoms with E-state index in [0.717, 1.165) is 5.16 Å². The van der Waals surface area contributed by atoms with Gasteiger partial charge in [-0.1, -0.05) is 11.8 Å². The summed E-state index contributed by atoms with van der Waals surface area (Å²) in [7, 11) is 1.80. The Morgan fingerprint density at radius 2 is 2.70 bits per heavy atom. The molecule has 0 N–H and O–H groups in total. The van der Waals surface area contributed by atoms with Crippen LogP contribution in [0, 0.1) is 11.3 Å². The van der Waals surface area contributed by atoms with Crippen LogP contribution in [0.1, 0.15) is 0 Å². The second-order valence-electron chi connectivity index (χ2n) is 1.61. The van der Waals surface area contributed by atoms with Crippen molar-refractivity contribution in [2.24, 2.45) is 7.05 Å². The van der Waals surface area contributed by atoms with Gasteiger partial charge in [0, 0.05) is 7.05 Å². The molecule has 0 saturated carbocycles. The molecule has 0 spiro atoms. The third-order valence-corrected chi connectivity index (χ3v) is 1.84. The molecule has 5 heteroatoms. The van der Waals surface area contributed by atoms with Crippen molar-refractivity contribution in [2.75, 3.05) is 5.75 Å². The summed E-state index contributed by atoms with van der Waals surface area (Å²) in [5.74, 6) is 0.423. The number of nitrogens with zero attached hydrogens (tertiary/aromatic N) is 4. The molecule has 1 heterocycles. The number of hydrogen-bond donors (Lipinski definition) is 0. The summed E-state index contributed by atoms with van der Waals surface area (Å²) >= 11 is 1.38. The highest BCUT2D eigenvalue weighted by Gasteiger charge is 1.97. The third-order valence-electron chi connectivity index (χ3n) is 0.936. The third kappa shape index (κ3) is 1.48. The lowest BCUT2D eigenvalue weighted by Crippen LogP contribution is -1.92. The van der Waals surface area contributed by atoms with E-state index in [0.29, 0.717) is 5.75 Å². The highest BCUT2D eigenvalue weighted by Crippen LogP contribution is 2.10. The molecule has 0 radical (unpaired) electrons. The van der Waals surface area contributed by atoms with Crippen molar-refractivity contribution in [1.82, 2.24) is 14.8 Å². The minimum absolute atomic E-state index is 0.423. The molecule has 0 atom stereocenters. The Morgan fingerprint density at radius 1 is 1.90 bits per heavy atom. The van der Waals surface area contributed by atoms with Gasteiger partial charge in [-0.05, 0) is 0 Å². The zero-order valence-corrected chi connectivity index (χ0v) is 6.30. The fourth-order valence-electron chi connectivity index (χ4n) is 0.513. The Bertz CT molecular complexity index is 248. The van der Waals surface area contributed by atoms with Gasteiger partial charge in [-0.25, -0.2) is 9.67 Å². The highest BCUT2D eigenvalue weighted by molar-refractivity contribution is 7.99. The van der Waals surface area contributed by atoms with Crippen molar-refractivity contribution in [3.8, 4) is 6.07 Å². The van der Waals surface area contributed by atoms with Crippen molar-refractivity contribution in [1.29, 1.82) is 5.26 Å². The number of aromatic nitrogens is 3. The van der Waals surface area contributed by atoms with Gasteiger partial charge >= 0.3 is 0 Å². The smallest absolute Gasteiger partial charge is 0.186 e. The fraction of sp³-hybridized carbons (Fsp3) is 0.400. The zero-order chi connectivity index (χ0) is 7.40. The van der Waals surface area contributed by atoms with Crippen LogP contribution in [0.3, 0.4) is 0 Å². The van der Waals surface area contributed by atoms with Gasteiger partial charge in [-0.3, -0.25) is 0 Å². The van der Waals surface area contributed by atoms with Crippen LogP contribution in [0.4, 0.5) is 0 Å². The Labute approximate surface area is 62.9 Å². The van der Waals surface area contributed by atoms with Crippen LogP contribution in [0.2, 0.25) is 0 Å². The molecule has 0 fully saturated rings. The minimum Gasteiger partial charge on any atom is -0.244 e. The van der Waals surface area contributed by atoms with E-state index < -0.39 is 0 Å². The van der Waals surface area contributed by atoms with E-state index in [1.165, 1.54) is 18.1 Å². The van der Waals surface area contributed by atoms with Gasteiger partial charge in [0.25, 0.3) is 0 Å². The van der Waals surface area contributed by atoms with Crippen LogP contribution in [0.15, 0.2) is 11.5 Å². The zero-order valence-electron chi connectivity index (χ0n) is 5.48. The first kappa shape index (κ1) is 7.09. The summed E-state index contributed by atoms with van der Waals surface area (Å²) in [6.45, 7) is 0. The average Bonchev–Trinajstić information content (AvgIpc) is 2.31. The largest absolute Gasteiger partial charge is 0.244 e. The van der Waals surface area contributed by atoms with Gasteiger partial charge in [0.1, 0.15) is 6.33 Å². The molecule has 1 aromatic rings. The quantitative estimate of drug-likeness (QED) is 0.580. The Kier molecular flexibility index (Phi) is 2.29. The van der Waals surface area contributed by atoms with E-state index >= 15 is 0 Å². The van der Waals surface area contributed by atoms with Gasteiger partial charge < -0.3 is 0 Å². The molecule has 0 aromatic carbocycles. The molecular weight excluding hydrogens is 148 g/mol. The van der Waals surface area contributed by atoms with Gasteiger partial charge in [-0.2, -0.15) is 10.4 Å². The Hall–Kier alpha value is -1.02. The predicted molar refractivity (Wildman–Crippen MR) is 37.3 cm³/mol. The molecule has 0 unspecified atom stereocenters. The monoisotopic (exact) mass is 154 g/mol. The van der Waals surface area contributed by atoms with Gasteiger partial charge in [0.2, 0.25) is 0 Å². The number of aryl methyl sites for hydroxylation is 1. The molecule has 0 aliphatic rings. The molecule has 0 aliphatic carbocycles.